The Morgan fingerprint density at radius 1 is 1.33 bits per heavy atom. The van der Waals surface area contributed by atoms with Crippen LogP contribution in [-0.4, -0.2) is 16.3 Å². The Morgan fingerprint density at radius 3 is 2.78 bits per heavy atom. The maximum atomic E-state index is 13.1. The average molecular weight is 247 g/mol. The van der Waals surface area contributed by atoms with Gasteiger partial charge in [-0.25, -0.2) is 4.39 Å². The first kappa shape index (κ1) is 12.8. The van der Waals surface area contributed by atoms with Gasteiger partial charge in [0.1, 0.15) is 5.82 Å². The van der Waals surface area contributed by atoms with Crippen molar-refractivity contribution in [2.24, 2.45) is 5.73 Å². The molecular formula is C14H18FN3. The molecule has 0 atom stereocenters. The summed E-state index contributed by atoms with van der Waals surface area (Å²) in [4.78, 5) is 0. The van der Waals surface area contributed by atoms with Crippen LogP contribution in [0, 0.1) is 19.7 Å². The van der Waals surface area contributed by atoms with Crippen LogP contribution in [-0.2, 0) is 13.0 Å². The SMILES string of the molecule is Cc1nn(Cc2cccc(F)c2)c(C)c1CCN. The number of aryl methyl sites for hydroxylation is 1. The van der Waals surface area contributed by atoms with E-state index in [-0.39, 0.29) is 5.82 Å². The summed E-state index contributed by atoms with van der Waals surface area (Å²) in [5.41, 5.74) is 9.83. The van der Waals surface area contributed by atoms with Crippen LogP contribution in [0.5, 0.6) is 0 Å². The van der Waals surface area contributed by atoms with E-state index in [4.69, 9.17) is 5.73 Å². The summed E-state index contributed by atoms with van der Waals surface area (Å²) >= 11 is 0. The molecule has 0 spiro atoms. The third kappa shape index (κ3) is 2.59. The summed E-state index contributed by atoms with van der Waals surface area (Å²) < 4.78 is 15.0. The van der Waals surface area contributed by atoms with E-state index in [0.717, 1.165) is 23.4 Å². The van der Waals surface area contributed by atoms with E-state index in [0.29, 0.717) is 13.1 Å². The van der Waals surface area contributed by atoms with Crippen molar-refractivity contribution in [3.63, 3.8) is 0 Å². The van der Waals surface area contributed by atoms with Gasteiger partial charge in [-0.1, -0.05) is 12.1 Å². The van der Waals surface area contributed by atoms with Crippen LogP contribution < -0.4 is 5.73 Å². The molecule has 0 saturated carbocycles. The second kappa shape index (κ2) is 5.31. The number of nitrogens with two attached hydrogens (primary N) is 1. The highest BCUT2D eigenvalue weighted by Gasteiger charge is 2.10. The Bertz CT molecular complexity index is 546. The van der Waals surface area contributed by atoms with Crippen LogP contribution in [0.15, 0.2) is 24.3 Å². The van der Waals surface area contributed by atoms with Crippen molar-refractivity contribution in [3.8, 4) is 0 Å². The smallest absolute Gasteiger partial charge is 0.123 e. The number of aromatic nitrogens is 2. The zero-order valence-electron chi connectivity index (χ0n) is 10.8. The maximum absolute atomic E-state index is 13.1. The van der Waals surface area contributed by atoms with Crippen molar-refractivity contribution >= 4 is 0 Å². The fraction of sp³-hybridized carbons (Fsp3) is 0.357. The maximum Gasteiger partial charge on any atom is 0.123 e. The van der Waals surface area contributed by atoms with Crippen LogP contribution in [0.2, 0.25) is 0 Å². The summed E-state index contributed by atoms with van der Waals surface area (Å²) in [7, 11) is 0. The average Bonchev–Trinajstić information content (AvgIpc) is 2.57. The number of hydrogen-bond acceptors (Lipinski definition) is 2. The molecule has 0 aliphatic carbocycles. The summed E-state index contributed by atoms with van der Waals surface area (Å²) in [5.74, 6) is -0.212. The van der Waals surface area contributed by atoms with Crippen molar-refractivity contribution in [1.29, 1.82) is 0 Å². The summed E-state index contributed by atoms with van der Waals surface area (Å²) in [6.07, 6.45) is 0.834. The lowest BCUT2D eigenvalue weighted by Crippen LogP contribution is -2.06. The van der Waals surface area contributed by atoms with E-state index in [9.17, 15) is 4.39 Å². The van der Waals surface area contributed by atoms with Crippen molar-refractivity contribution in [2.45, 2.75) is 26.8 Å². The number of rotatable bonds is 4. The highest BCUT2D eigenvalue weighted by Crippen LogP contribution is 2.15. The number of halogens is 1. The van der Waals surface area contributed by atoms with Gasteiger partial charge in [0.2, 0.25) is 0 Å². The quantitative estimate of drug-likeness (QED) is 0.900. The molecule has 2 rings (SSSR count). The third-order valence-electron chi connectivity index (χ3n) is 3.15. The minimum Gasteiger partial charge on any atom is -0.330 e. The van der Waals surface area contributed by atoms with Gasteiger partial charge in [-0.2, -0.15) is 5.10 Å². The molecule has 2 aromatic rings. The molecular weight excluding hydrogens is 229 g/mol. The molecule has 1 heterocycles. The molecule has 0 unspecified atom stereocenters. The van der Waals surface area contributed by atoms with Gasteiger partial charge in [0.25, 0.3) is 0 Å². The van der Waals surface area contributed by atoms with Gasteiger partial charge in [0.15, 0.2) is 0 Å². The molecule has 0 aliphatic rings. The Morgan fingerprint density at radius 2 is 2.11 bits per heavy atom. The minimum absolute atomic E-state index is 0.212. The number of hydrogen-bond donors (Lipinski definition) is 1. The normalized spacial score (nSPS) is 10.9. The molecule has 4 heteroatoms. The van der Waals surface area contributed by atoms with Gasteiger partial charge in [-0.3, -0.25) is 4.68 Å². The number of nitrogens with zero attached hydrogens (tertiary/aromatic N) is 2. The Labute approximate surface area is 106 Å². The van der Waals surface area contributed by atoms with Crippen molar-refractivity contribution in [2.75, 3.05) is 6.54 Å². The van der Waals surface area contributed by atoms with Crippen molar-refractivity contribution in [3.05, 3.63) is 52.6 Å². The monoisotopic (exact) mass is 247 g/mol. The highest BCUT2D eigenvalue weighted by molar-refractivity contribution is 5.26. The van der Waals surface area contributed by atoms with Gasteiger partial charge in [-0.15, -0.1) is 0 Å². The zero-order valence-corrected chi connectivity index (χ0v) is 10.8. The molecule has 96 valence electrons. The first-order valence-electron chi connectivity index (χ1n) is 6.09. The molecule has 2 N–H and O–H groups in total. The fourth-order valence-corrected chi connectivity index (χ4v) is 2.20. The third-order valence-corrected chi connectivity index (χ3v) is 3.15. The van der Waals surface area contributed by atoms with Gasteiger partial charge in [0.05, 0.1) is 12.2 Å². The molecule has 3 nitrogen and oxygen atoms in total. The number of benzene rings is 1. The van der Waals surface area contributed by atoms with E-state index in [1.165, 1.54) is 11.6 Å². The lowest BCUT2D eigenvalue weighted by molar-refractivity contribution is 0.615. The molecule has 0 aliphatic heterocycles. The Hall–Kier alpha value is -1.68. The van der Waals surface area contributed by atoms with E-state index in [1.54, 1.807) is 12.1 Å². The van der Waals surface area contributed by atoms with Gasteiger partial charge in [0, 0.05) is 5.69 Å². The predicted molar refractivity (Wildman–Crippen MR) is 70.0 cm³/mol. The van der Waals surface area contributed by atoms with Crippen molar-refractivity contribution < 1.29 is 4.39 Å². The van der Waals surface area contributed by atoms with E-state index >= 15 is 0 Å². The second-order valence-electron chi connectivity index (χ2n) is 4.48. The van der Waals surface area contributed by atoms with Crippen LogP contribution >= 0.6 is 0 Å². The van der Waals surface area contributed by atoms with E-state index in [2.05, 4.69) is 5.10 Å². The van der Waals surface area contributed by atoms with Gasteiger partial charge in [-0.05, 0) is 50.1 Å². The Kier molecular flexibility index (Phi) is 3.77. The predicted octanol–water partition coefficient (Wildman–Crippen LogP) is 2.19. The van der Waals surface area contributed by atoms with Gasteiger partial charge >= 0.3 is 0 Å². The topological polar surface area (TPSA) is 43.8 Å². The molecule has 0 amide bonds. The summed E-state index contributed by atoms with van der Waals surface area (Å²) in [5, 5.41) is 4.49. The summed E-state index contributed by atoms with van der Waals surface area (Å²) in [6, 6.07) is 6.61. The van der Waals surface area contributed by atoms with Crippen molar-refractivity contribution in [1.82, 2.24) is 9.78 Å². The molecule has 0 saturated heterocycles. The molecule has 18 heavy (non-hydrogen) atoms. The first-order valence-corrected chi connectivity index (χ1v) is 6.09. The molecule has 1 aromatic carbocycles. The van der Waals surface area contributed by atoms with Crippen LogP contribution in [0.4, 0.5) is 4.39 Å². The highest BCUT2D eigenvalue weighted by atomic mass is 19.1. The lowest BCUT2D eigenvalue weighted by Gasteiger charge is -2.05. The van der Waals surface area contributed by atoms with Crippen LogP contribution in [0.3, 0.4) is 0 Å². The Balaban J connectivity index is 2.27. The second-order valence-corrected chi connectivity index (χ2v) is 4.48. The minimum atomic E-state index is -0.212. The largest absolute Gasteiger partial charge is 0.330 e. The summed E-state index contributed by atoms with van der Waals surface area (Å²) in [6.45, 7) is 5.23. The molecule has 0 fully saturated rings. The van der Waals surface area contributed by atoms with E-state index in [1.807, 2.05) is 24.6 Å². The van der Waals surface area contributed by atoms with Gasteiger partial charge < -0.3 is 5.73 Å². The van der Waals surface area contributed by atoms with Crippen LogP contribution in [0.25, 0.3) is 0 Å². The molecule has 0 radical (unpaired) electrons. The zero-order chi connectivity index (χ0) is 13.1. The molecule has 1 aromatic heterocycles. The van der Waals surface area contributed by atoms with E-state index < -0.39 is 0 Å². The fourth-order valence-electron chi connectivity index (χ4n) is 2.20. The standard InChI is InChI=1S/C14H18FN3/c1-10-14(6-7-16)11(2)18(17-10)9-12-4-3-5-13(15)8-12/h3-5,8H,6-7,9,16H2,1-2H3. The molecule has 0 bridgehead atoms. The lowest BCUT2D eigenvalue weighted by atomic mass is 10.1. The van der Waals surface area contributed by atoms with Crippen LogP contribution in [0.1, 0.15) is 22.5 Å². The first-order chi connectivity index (χ1) is 8.61.